The van der Waals surface area contributed by atoms with Crippen molar-refractivity contribution in [3.8, 4) is 11.4 Å². The van der Waals surface area contributed by atoms with E-state index in [9.17, 15) is 8.42 Å². The molecule has 2 aromatic carbocycles. The summed E-state index contributed by atoms with van der Waals surface area (Å²) in [6.45, 7) is 0. The highest BCUT2D eigenvalue weighted by molar-refractivity contribution is 7.90. The van der Waals surface area contributed by atoms with Gasteiger partial charge in [-0.25, -0.2) is 23.4 Å². The maximum Gasteiger partial charge on any atom is 0.202 e. The van der Waals surface area contributed by atoms with Crippen LogP contribution in [0.5, 0.6) is 0 Å². The van der Waals surface area contributed by atoms with Gasteiger partial charge in [-0.2, -0.15) is 0 Å². The van der Waals surface area contributed by atoms with Crippen molar-refractivity contribution in [1.29, 1.82) is 0 Å². The van der Waals surface area contributed by atoms with Crippen LogP contribution in [0.3, 0.4) is 0 Å². The smallest absolute Gasteiger partial charge is 0.202 e. The van der Waals surface area contributed by atoms with E-state index in [-0.39, 0.29) is 10.8 Å². The maximum absolute atomic E-state index is 13.4. The molecule has 0 N–H and O–H groups in total. The van der Waals surface area contributed by atoms with E-state index in [2.05, 4.69) is 14.5 Å². The summed E-state index contributed by atoms with van der Waals surface area (Å²) in [7, 11) is -3.71. The predicted molar refractivity (Wildman–Crippen MR) is 120 cm³/mol. The van der Waals surface area contributed by atoms with Crippen LogP contribution in [0.4, 0.5) is 0 Å². The van der Waals surface area contributed by atoms with Crippen LogP contribution in [0.1, 0.15) is 43.7 Å². The average Bonchev–Trinajstić information content (AvgIpc) is 3.24. The summed E-state index contributed by atoms with van der Waals surface area (Å²) >= 11 is 0. The molecule has 1 fully saturated rings. The number of nitrogens with zero attached hydrogens (tertiary/aromatic N) is 4. The molecule has 0 saturated heterocycles. The zero-order valence-electron chi connectivity index (χ0n) is 17.2. The third kappa shape index (κ3) is 3.97. The molecule has 1 saturated carbocycles. The van der Waals surface area contributed by atoms with E-state index < -0.39 is 9.84 Å². The molecule has 6 nitrogen and oxygen atoms in total. The van der Waals surface area contributed by atoms with E-state index in [0.29, 0.717) is 23.0 Å². The molecule has 2 aromatic heterocycles. The molecule has 31 heavy (non-hydrogen) atoms. The van der Waals surface area contributed by atoms with Gasteiger partial charge < -0.3 is 4.57 Å². The second-order valence-electron chi connectivity index (χ2n) is 8.08. The first kappa shape index (κ1) is 19.9. The van der Waals surface area contributed by atoms with E-state index in [1.807, 2.05) is 60.7 Å². The highest BCUT2D eigenvalue weighted by Crippen LogP contribution is 2.33. The second kappa shape index (κ2) is 8.23. The topological polar surface area (TPSA) is 77.7 Å². The lowest BCUT2D eigenvalue weighted by Crippen LogP contribution is -2.14. The Kier molecular flexibility index (Phi) is 5.28. The van der Waals surface area contributed by atoms with Crippen LogP contribution in [-0.2, 0) is 15.6 Å². The van der Waals surface area contributed by atoms with Crippen molar-refractivity contribution < 1.29 is 8.42 Å². The van der Waals surface area contributed by atoms with Crippen molar-refractivity contribution in [2.75, 3.05) is 0 Å². The van der Waals surface area contributed by atoms with Crippen molar-refractivity contribution in [3.63, 3.8) is 0 Å². The number of imidazole rings is 1. The summed E-state index contributed by atoms with van der Waals surface area (Å²) in [6, 6.07) is 19.0. The molecule has 1 aliphatic carbocycles. The van der Waals surface area contributed by atoms with Gasteiger partial charge in [-0.3, -0.25) is 0 Å². The van der Waals surface area contributed by atoms with E-state index in [1.165, 1.54) is 19.3 Å². The van der Waals surface area contributed by atoms with Gasteiger partial charge in [0.25, 0.3) is 0 Å². The number of sulfone groups is 1. The van der Waals surface area contributed by atoms with Crippen LogP contribution in [0.15, 0.2) is 72.0 Å². The Hall–Kier alpha value is -3.06. The van der Waals surface area contributed by atoms with Crippen LogP contribution in [0.2, 0.25) is 0 Å². The first-order valence-electron chi connectivity index (χ1n) is 10.7. The van der Waals surface area contributed by atoms with Crippen LogP contribution in [0.25, 0.3) is 22.6 Å². The number of hydrogen-bond acceptors (Lipinski definition) is 5. The molecular weight excluding hydrogens is 408 g/mol. The van der Waals surface area contributed by atoms with Gasteiger partial charge in [-0.1, -0.05) is 79.9 Å². The molecule has 7 heteroatoms. The van der Waals surface area contributed by atoms with Crippen molar-refractivity contribution in [2.45, 2.75) is 48.9 Å². The summed E-state index contributed by atoms with van der Waals surface area (Å²) in [5.74, 6) is 0.294. The molecule has 1 aliphatic rings. The van der Waals surface area contributed by atoms with Gasteiger partial charge in [0.15, 0.2) is 16.5 Å². The molecule has 158 valence electrons. The summed E-state index contributed by atoms with van der Waals surface area (Å²) < 4.78 is 28.9. The van der Waals surface area contributed by atoms with E-state index >= 15 is 0 Å². The number of aromatic nitrogens is 4. The van der Waals surface area contributed by atoms with Gasteiger partial charge in [0, 0.05) is 11.6 Å². The molecule has 0 spiro atoms. The number of hydrogen-bond donors (Lipinski definition) is 0. The monoisotopic (exact) mass is 432 g/mol. The normalized spacial score (nSPS) is 15.4. The molecule has 0 radical (unpaired) electrons. The zero-order chi connectivity index (χ0) is 21.3. The largest absolute Gasteiger partial charge is 0.312 e. The fourth-order valence-corrected chi connectivity index (χ4v) is 5.74. The van der Waals surface area contributed by atoms with Gasteiger partial charge in [0.05, 0.1) is 12.1 Å². The number of benzene rings is 2. The number of rotatable bonds is 5. The summed E-state index contributed by atoms with van der Waals surface area (Å²) in [5.41, 5.74) is 2.48. The third-order valence-electron chi connectivity index (χ3n) is 5.88. The Labute approximate surface area is 181 Å². The molecule has 4 aromatic rings. The van der Waals surface area contributed by atoms with Crippen LogP contribution in [-0.4, -0.2) is 27.9 Å². The first-order chi connectivity index (χ1) is 15.1. The van der Waals surface area contributed by atoms with E-state index in [1.54, 1.807) is 6.33 Å². The van der Waals surface area contributed by atoms with Crippen molar-refractivity contribution >= 4 is 21.0 Å². The molecule has 2 heterocycles. The third-order valence-corrected chi connectivity index (χ3v) is 7.47. The summed E-state index contributed by atoms with van der Waals surface area (Å²) in [4.78, 5) is 13.8. The minimum Gasteiger partial charge on any atom is -0.312 e. The summed E-state index contributed by atoms with van der Waals surface area (Å²) in [6.07, 6.45) is 7.43. The molecular formula is C24H24N4O2S. The fourth-order valence-electron chi connectivity index (χ4n) is 4.31. The van der Waals surface area contributed by atoms with Crippen molar-refractivity contribution in [3.05, 3.63) is 72.6 Å². The molecule has 0 amide bonds. The molecule has 0 bridgehead atoms. The Bertz CT molecular complexity index is 1300. The van der Waals surface area contributed by atoms with E-state index in [4.69, 9.17) is 4.98 Å². The zero-order valence-corrected chi connectivity index (χ0v) is 18.0. The minimum absolute atomic E-state index is 0.00904. The average molecular weight is 433 g/mol. The Morgan fingerprint density at radius 3 is 2.26 bits per heavy atom. The lowest BCUT2D eigenvalue weighted by atomic mass is 9.95. The van der Waals surface area contributed by atoms with Gasteiger partial charge in [0.2, 0.25) is 9.84 Å². The summed E-state index contributed by atoms with van der Waals surface area (Å²) in [5, 5.41) is 0.00904. The predicted octanol–water partition coefficient (Wildman–Crippen LogP) is 4.97. The highest BCUT2D eigenvalue weighted by atomic mass is 32.2. The van der Waals surface area contributed by atoms with Crippen LogP contribution >= 0.6 is 0 Å². The second-order valence-corrected chi connectivity index (χ2v) is 9.98. The van der Waals surface area contributed by atoms with E-state index in [0.717, 1.165) is 24.0 Å². The van der Waals surface area contributed by atoms with Gasteiger partial charge in [-0.05, 0) is 18.4 Å². The van der Waals surface area contributed by atoms with Crippen molar-refractivity contribution in [2.24, 2.45) is 0 Å². The number of fused-ring (bicyclic) bond motifs is 1. The van der Waals surface area contributed by atoms with Gasteiger partial charge in [0.1, 0.15) is 5.52 Å². The Morgan fingerprint density at radius 1 is 0.871 bits per heavy atom. The molecule has 0 atom stereocenters. The quantitative estimate of drug-likeness (QED) is 0.416. The Morgan fingerprint density at radius 2 is 1.55 bits per heavy atom. The van der Waals surface area contributed by atoms with Gasteiger partial charge in [-0.15, -0.1) is 0 Å². The Balaban J connectivity index is 1.68. The van der Waals surface area contributed by atoms with Crippen molar-refractivity contribution in [1.82, 2.24) is 19.5 Å². The SMILES string of the molecule is O=S(=O)(Cc1ccccc1)c1nc(-c2ccccc2)nc2c1ncn2C1CCCCC1. The van der Waals surface area contributed by atoms with Gasteiger partial charge >= 0.3 is 0 Å². The molecule has 0 unspecified atom stereocenters. The van der Waals surface area contributed by atoms with Crippen LogP contribution < -0.4 is 0 Å². The fraction of sp³-hybridized carbons (Fsp3) is 0.292. The lowest BCUT2D eigenvalue weighted by molar-refractivity contribution is 0.358. The molecule has 5 rings (SSSR count). The minimum atomic E-state index is -3.71. The first-order valence-corrected chi connectivity index (χ1v) is 12.3. The maximum atomic E-state index is 13.4. The van der Waals surface area contributed by atoms with Crippen LogP contribution in [0, 0.1) is 0 Å². The lowest BCUT2D eigenvalue weighted by Gasteiger charge is -2.23. The highest BCUT2D eigenvalue weighted by Gasteiger charge is 2.27. The standard InChI is InChI=1S/C24H24N4O2S/c29-31(30,16-18-10-4-1-5-11-18)24-21-23(26-22(27-24)19-12-6-2-7-13-19)28(17-25-21)20-14-8-3-9-15-20/h1-2,4-7,10-13,17,20H,3,8-9,14-16H2. The molecule has 0 aliphatic heterocycles.